The van der Waals surface area contributed by atoms with Crippen LogP contribution >= 0.6 is 11.3 Å². The standard InChI is InChI=1S/C21H16N4O4S/c1-25-16-9-13(3-5-17(16)29-21(25)27)19-6-4-15(30-19)10-14(11-22)24-20(26)18-12-23-7-2-8-28-18/h2-9,12,14H,10H2,1H3,(H,24,26)/t14-/m0/s1. The maximum Gasteiger partial charge on any atom is 0.419 e. The summed E-state index contributed by atoms with van der Waals surface area (Å²) in [4.78, 5) is 29.8. The van der Waals surface area contributed by atoms with Gasteiger partial charge in [0.1, 0.15) is 6.04 Å². The Kier molecular flexibility index (Phi) is 5.32. The highest BCUT2D eigenvalue weighted by molar-refractivity contribution is 7.15. The first-order valence-corrected chi connectivity index (χ1v) is 9.81. The molecule has 1 aromatic carbocycles. The number of nitrogens with zero attached hydrogens (tertiary/aromatic N) is 3. The molecule has 0 unspecified atom stereocenters. The van der Waals surface area contributed by atoms with Crippen LogP contribution in [0.15, 0.2) is 68.8 Å². The van der Waals surface area contributed by atoms with Gasteiger partial charge in [-0.2, -0.15) is 5.26 Å². The lowest BCUT2D eigenvalue weighted by Gasteiger charge is -2.11. The molecule has 0 saturated carbocycles. The van der Waals surface area contributed by atoms with E-state index in [0.29, 0.717) is 17.5 Å². The fourth-order valence-electron chi connectivity index (χ4n) is 2.93. The van der Waals surface area contributed by atoms with Crippen molar-refractivity contribution in [2.45, 2.75) is 12.5 Å². The summed E-state index contributed by atoms with van der Waals surface area (Å²) in [6.07, 6.45) is 6.05. The number of aliphatic imine (C=N–C) groups is 1. The number of carbonyl (C=O) groups excluding carboxylic acids is 1. The van der Waals surface area contributed by atoms with Gasteiger partial charge in [-0.3, -0.25) is 14.4 Å². The Labute approximate surface area is 175 Å². The lowest BCUT2D eigenvalue weighted by Crippen LogP contribution is -2.36. The first kappa shape index (κ1) is 19.4. The SMILES string of the molecule is Cn1c(=O)oc2ccc(-c3ccc(C[C@@H](C#N)NC(=O)C4=CN=CC=CO4)s3)cc21. The number of aromatic nitrogens is 1. The van der Waals surface area contributed by atoms with Gasteiger partial charge in [-0.15, -0.1) is 11.3 Å². The van der Waals surface area contributed by atoms with Gasteiger partial charge < -0.3 is 14.5 Å². The highest BCUT2D eigenvalue weighted by atomic mass is 32.1. The third-order valence-electron chi connectivity index (χ3n) is 4.47. The van der Waals surface area contributed by atoms with Gasteiger partial charge in [-0.25, -0.2) is 4.79 Å². The minimum Gasteiger partial charge on any atom is -0.458 e. The number of carbonyl (C=O) groups is 1. The molecule has 150 valence electrons. The fourth-order valence-corrected chi connectivity index (χ4v) is 3.98. The van der Waals surface area contributed by atoms with E-state index in [2.05, 4.69) is 16.4 Å². The lowest BCUT2D eigenvalue weighted by atomic mass is 10.1. The molecular weight excluding hydrogens is 404 g/mol. The Morgan fingerprint density at radius 2 is 2.23 bits per heavy atom. The van der Waals surface area contributed by atoms with Gasteiger partial charge in [0.2, 0.25) is 5.76 Å². The number of hydrogen-bond acceptors (Lipinski definition) is 7. The van der Waals surface area contributed by atoms with Crippen molar-refractivity contribution < 1.29 is 13.9 Å². The van der Waals surface area contributed by atoms with Crippen LogP contribution in [0.4, 0.5) is 0 Å². The smallest absolute Gasteiger partial charge is 0.419 e. The zero-order valence-corrected chi connectivity index (χ0v) is 16.7. The van der Waals surface area contributed by atoms with Crippen molar-refractivity contribution in [2.75, 3.05) is 0 Å². The molecule has 1 amide bonds. The number of hydrogen-bond donors (Lipinski definition) is 1. The van der Waals surface area contributed by atoms with Gasteiger partial charge in [0.25, 0.3) is 5.91 Å². The number of thiophene rings is 1. The van der Waals surface area contributed by atoms with Crippen LogP contribution in [0.5, 0.6) is 0 Å². The van der Waals surface area contributed by atoms with Gasteiger partial charge in [0.15, 0.2) is 5.58 Å². The van der Waals surface area contributed by atoms with Crippen LogP contribution in [0.3, 0.4) is 0 Å². The number of nitrogens with one attached hydrogen (secondary N) is 1. The number of rotatable bonds is 5. The van der Waals surface area contributed by atoms with E-state index in [0.717, 1.165) is 15.3 Å². The van der Waals surface area contributed by atoms with Crippen molar-refractivity contribution in [1.29, 1.82) is 5.26 Å². The third-order valence-corrected chi connectivity index (χ3v) is 5.62. The molecule has 0 fully saturated rings. The molecule has 0 saturated heterocycles. The quantitative estimate of drug-likeness (QED) is 0.683. The minimum atomic E-state index is -0.720. The molecule has 30 heavy (non-hydrogen) atoms. The van der Waals surface area contributed by atoms with Crippen LogP contribution in [0.25, 0.3) is 21.5 Å². The fraction of sp³-hybridized carbons (Fsp3) is 0.143. The predicted octanol–water partition coefficient (Wildman–Crippen LogP) is 2.87. The third kappa shape index (κ3) is 3.94. The second kappa shape index (κ2) is 8.23. The monoisotopic (exact) mass is 420 g/mol. The molecule has 3 aromatic rings. The van der Waals surface area contributed by atoms with Crippen LogP contribution in [-0.4, -0.2) is 22.7 Å². The maximum atomic E-state index is 12.3. The van der Waals surface area contributed by atoms with Crippen molar-refractivity contribution in [1.82, 2.24) is 9.88 Å². The highest BCUT2D eigenvalue weighted by Crippen LogP contribution is 2.30. The lowest BCUT2D eigenvalue weighted by molar-refractivity contribution is -0.120. The largest absolute Gasteiger partial charge is 0.458 e. The van der Waals surface area contributed by atoms with Crippen molar-refractivity contribution in [2.24, 2.45) is 12.0 Å². The molecule has 9 heteroatoms. The van der Waals surface area contributed by atoms with Gasteiger partial charge in [0, 0.05) is 29.4 Å². The summed E-state index contributed by atoms with van der Waals surface area (Å²) < 4.78 is 11.8. The van der Waals surface area contributed by atoms with Crippen molar-refractivity contribution in [3.05, 3.63) is 70.1 Å². The summed E-state index contributed by atoms with van der Waals surface area (Å²) in [5.74, 6) is -0.893. The van der Waals surface area contributed by atoms with E-state index in [9.17, 15) is 14.9 Å². The Morgan fingerprint density at radius 3 is 3.07 bits per heavy atom. The Balaban J connectivity index is 1.49. The number of nitriles is 1. The van der Waals surface area contributed by atoms with Crippen molar-refractivity contribution >= 4 is 34.6 Å². The normalized spacial score (nSPS) is 13.9. The van der Waals surface area contributed by atoms with E-state index in [4.69, 9.17) is 9.15 Å². The topological polar surface area (TPSA) is 110 Å². The van der Waals surface area contributed by atoms with E-state index >= 15 is 0 Å². The minimum absolute atomic E-state index is 0.0196. The average Bonchev–Trinajstić information content (AvgIpc) is 3.19. The number of amides is 1. The molecule has 1 N–H and O–H groups in total. The molecule has 2 aromatic heterocycles. The van der Waals surface area contributed by atoms with Gasteiger partial charge in [-0.1, -0.05) is 0 Å². The molecule has 0 aliphatic carbocycles. The second-order valence-electron chi connectivity index (χ2n) is 6.47. The molecule has 0 spiro atoms. The first-order valence-electron chi connectivity index (χ1n) is 8.99. The van der Waals surface area contributed by atoms with Crippen LogP contribution in [0.1, 0.15) is 4.88 Å². The van der Waals surface area contributed by atoms with E-state index in [1.807, 2.05) is 24.3 Å². The molecule has 4 rings (SSSR count). The molecule has 0 radical (unpaired) electrons. The molecular formula is C21H16N4O4S. The molecule has 1 aliphatic rings. The van der Waals surface area contributed by atoms with Crippen LogP contribution in [0.2, 0.25) is 0 Å². The van der Waals surface area contributed by atoms with E-state index in [1.54, 1.807) is 19.2 Å². The maximum absolute atomic E-state index is 12.3. The summed E-state index contributed by atoms with van der Waals surface area (Å²) in [5, 5.41) is 12.1. The molecule has 0 bridgehead atoms. The molecule has 1 aliphatic heterocycles. The van der Waals surface area contributed by atoms with Crippen molar-refractivity contribution in [3.63, 3.8) is 0 Å². The Morgan fingerprint density at radius 1 is 1.37 bits per heavy atom. The number of benzene rings is 1. The molecule has 3 heterocycles. The summed E-state index contributed by atoms with van der Waals surface area (Å²) in [6.45, 7) is 0. The summed E-state index contributed by atoms with van der Waals surface area (Å²) in [6, 6.07) is 10.8. The average molecular weight is 420 g/mol. The van der Waals surface area contributed by atoms with Crippen LogP contribution in [0, 0.1) is 11.3 Å². The predicted molar refractivity (Wildman–Crippen MR) is 113 cm³/mol. The number of allylic oxidation sites excluding steroid dienone is 1. The zero-order valence-electron chi connectivity index (χ0n) is 15.9. The number of fused-ring (bicyclic) bond motifs is 1. The molecule has 1 atom stereocenters. The Bertz CT molecular complexity index is 1300. The number of aryl methyl sites for hydroxylation is 1. The Hall–Kier alpha value is -3.90. The zero-order chi connectivity index (χ0) is 21.1. The first-order chi connectivity index (χ1) is 14.5. The summed E-state index contributed by atoms with van der Waals surface area (Å²) >= 11 is 1.52. The highest BCUT2D eigenvalue weighted by Gasteiger charge is 2.18. The van der Waals surface area contributed by atoms with Gasteiger partial charge >= 0.3 is 5.76 Å². The van der Waals surface area contributed by atoms with E-state index in [1.165, 1.54) is 34.6 Å². The number of ether oxygens (including phenoxy) is 1. The summed E-state index contributed by atoms with van der Waals surface area (Å²) in [5.41, 5.74) is 2.18. The second-order valence-corrected chi connectivity index (χ2v) is 7.64. The number of oxazole rings is 1. The summed E-state index contributed by atoms with van der Waals surface area (Å²) in [7, 11) is 1.66. The van der Waals surface area contributed by atoms with Crippen LogP contribution in [-0.2, 0) is 23.0 Å². The van der Waals surface area contributed by atoms with E-state index in [-0.39, 0.29) is 5.76 Å². The van der Waals surface area contributed by atoms with E-state index < -0.39 is 17.7 Å². The van der Waals surface area contributed by atoms with Gasteiger partial charge in [0.05, 0.1) is 24.0 Å². The molecule has 8 nitrogen and oxygen atoms in total. The van der Waals surface area contributed by atoms with Crippen molar-refractivity contribution in [3.8, 4) is 16.5 Å². The van der Waals surface area contributed by atoms with Gasteiger partial charge in [-0.05, 0) is 42.0 Å². The van der Waals surface area contributed by atoms with Crippen LogP contribution < -0.4 is 11.1 Å².